The van der Waals surface area contributed by atoms with E-state index in [2.05, 4.69) is 14.8 Å². The Morgan fingerprint density at radius 2 is 1.67 bits per heavy atom. The molecule has 1 heterocycles. The monoisotopic (exact) mass is 201 g/mol. The van der Waals surface area contributed by atoms with Gasteiger partial charge in [0.2, 0.25) is 0 Å². The number of nitrogens with one attached hydrogen (secondary N) is 2. The second-order valence-corrected chi connectivity index (χ2v) is 3.20. The first-order chi connectivity index (χ1) is 7.11. The van der Waals surface area contributed by atoms with Gasteiger partial charge < -0.3 is 9.97 Å². The molecule has 5 heteroatoms. The van der Waals surface area contributed by atoms with Crippen LogP contribution in [0.2, 0.25) is 0 Å². The van der Waals surface area contributed by atoms with E-state index in [1.165, 1.54) is 0 Å². The lowest BCUT2D eigenvalue weighted by atomic mass is 10.2. The summed E-state index contributed by atoms with van der Waals surface area (Å²) in [5.74, 6) is 0. The minimum atomic E-state index is -0.706. The minimum Gasteiger partial charge on any atom is -0.317 e. The molecule has 15 heavy (non-hydrogen) atoms. The Morgan fingerprint density at radius 3 is 2.20 bits per heavy atom. The van der Waals surface area contributed by atoms with E-state index >= 15 is 0 Å². The van der Waals surface area contributed by atoms with Gasteiger partial charge in [-0.15, -0.1) is 0 Å². The molecule has 0 saturated carbocycles. The van der Waals surface area contributed by atoms with E-state index in [0.29, 0.717) is 16.7 Å². The molecule has 0 bridgehead atoms. The van der Waals surface area contributed by atoms with Crippen LogP contribution in [0.5, 0.6) is 0 Å². The molecular weight excluding hydrogens is 194 g/mol. The normalized spacial score (nSPS) is 10.1. The van der Waals surface area contributed by atoms with E-state index in [-0.39, 0.29) is 0 Å². The topological polar surface area (TPSA) is 70.1 Å². The molecule has 0 atom stereocenters. The zero-order chi connectivity index (χ0) is 11.0. The zero-order valence-electron chi connectivity index (χ0n) is 7.92. The first-order valence-corrected chi connectivity index (χ1v) is 4.26. The van der Waals surface area contributed by atoms with Gasteiger partial charge in [-0.2, -0.15) is 0 Å². The molecule has 0 saturated heterocycles. The van der Waals surface area contributed by atoms with Crippen molar-refractivity contribution in [3.8, 4) is 0 Å². The van der Waals surface area contributed by atoms with Crippen LogP contribution in [0.4, 0.5) is 5.69 Å². The van der Waals surface area contributed by atoms with Gasteiger partial charge in [0.05, 0.1) is 17.6 Å². The molecule has 2 aromatic rings. The first kappa shape index (κ1) is 9.21. The molecule has 0 unspecified atom stereocenters. The third-order valence-corrected chi connectivity index (χ3v) is 2.16. The van der Waals surface area contributed by atoms with Crippen molar-refractivity contribution in [1.82, 2.24) is 9.97 Å². The number of H-pyrrole nitrogens is 2. The lowest BCUT2D eigenvalue weighted by Gasteiger charge is -2.00. The third kappa shape index (κ3) is 1.42. The number of hydrogen-bond donors (Lipinski definition) is 2. The van der Waals surface area contributed by atoms with Crippen molar-refractivity contribution in [2.45, 2.75) is 6.92 Å². The third-order valence-electron chi connectivity index (χ3n) is 2.16. The molecule has 74 valence electrons. The van der Waals surface area contributed by atoms with Gasteiger partial charge in [-0.1, -0.05) is 0 Å². The van der Waals surface area contributed by atoms with E-state index in [4.69, 9.17) is 6.57 Å². The van der Waals surface area contributed by atoms with E-state index in [0.717, 1.165) is 5.56 Å². The maximum absolute atomic E-state index is 11.0. The summed E-state index contributed by atoms with van der Waals surface area (Å²) in [5.41, 5.74) is 0.839. The summed E-state index contributed by atoms with van der Waals surface area (Å²) < 4.78 is 0. The molecule has 5 nitrogen and oxygen atoms in total. The Morgan fingerprint density at radius 1 is 1.13 bits per heavy atom. The van der Waals surface area contributed by atoms with Gasteiger partial charge in [0, 0.05) is 0 Å². The van der Waals surface area contributed by atoms with Gasteiger partial charge in [0.15, 0.2) is 5.69 Å². The van der Waals surface area contributed by atoms with E-state index in [9.17, 15) is 9.59 Å². The molecular formula is C10H7N3O2. The number of aromatic nitrogens is 2. The van der Waals surface area contributed by atoms with Gasteiger partial charge in [-0.25, -0.2) is 4.85 Å². The SMILES string of the molecule is [C-]#[N+]c1cc2[nH]c(=O)c(=O)[nH]c2cc1C. The fourth-order valence-corrected chi connectivity index (χ4v) is 1.38. The van der Waals surface area contributed by atoms with E-state index < -0.39 is 11.1 Å². The van der Waals surface area contributed by atoms with Crippen LogP contribution in [0.1, 0.15) is 5.56 Å². The standard InChI is InChI=1S/C10H7N3O2/c1-5-3-7-8(4-6(5)11-2)13-10(15)9(14)12-7/h3-4H,1H3,(H,12,14)(H,13,15). The smallest absolute Gasteiger partial charge is 0.314 e. The van der Waals surface area contributed by atoms with Crippen LogP contribution in [0.25, 0.3) is 15.9 Å². The maximum Gasteiger partial charge on any atom is 0.314 e. The highest BCUT2D eigenvalue weighted by atomic mass is 16.2. The average Bonchev–Trinajstić information content (AvgIpc) is 2.20. The van der Waals surface area contributed by atoms with Crippen LogP contribution in [0, 0.1) is 13.5 Å². The molecule has 2 N–H and O–H groups in total. The summed E-state index contributed by atoms with van der Waals surface area (Å²) in [6.07, 6.45) is 0. The Bertz CT molecular complexity index is 688. The van der Waals surface area contributed by atoms with Crippen molar-refractivity contribution in [1.29, 1.82) is 0 Å². The van der Waals surface area contributed by atoms with Gasteiger partial charge in [0.1, 0.15) is 0 Å². The number of hydrogen-bond acceptors (Lipinski definition) is 2. The van der Waals surface area contributed by atoms with Gasteiger partial charge in [-0.3, -0.25) is 9.59 Å². The lowest BCUT2D eigenvalue weighted by Crippen LogP contribution is -2.28. The molecule has 1 aromatic carbocycles. The molecule has 0 aliphatic carbocycles. The molecule has 1 aromatic heterocycles. The number of nitrogens with zero attached hydrogens (tertiary/aromatic N) is 1. The largest absolute Gasteiger partial charge is 0.317 e. The van der Waals surface area contributed by atoms with Crippen LogP contribution >= 0.6 is 0 Å². The minimum absolute atomic E-state index is 0.463. The number of aromatic amines is 2. The highest BCUT2D eigenvalue weighted by molar-refractivity contribution is 5.80. The fraction of sp³-hybridized carbons (Fsp3) is 0.100. The molecule has 0 fully saturated rings. The molecule has 0 aliphatic heterocycles. The van der Waals surface area contributed by atoms with Crippen molar-refractivity contribution in [2.75, 3.05) is 0 Å². The van der Waals surface area contributed by atoms with Crippen LogP contribution in [0.3, 0.4) is 0 Å². The highest BCUT2D eigenvalue weighted by Crippen LogP contribution is 2.22. The van der Waals surface area contributed by atoms with Gasteiger partial charge in [-0.05, 0) is 24.6 Å². The summed E-state index contributed by atoms with van der Waals surface area (Å²) >= 11 is 0. The van der Waals surface area contributed by atoms with Crippen LogP contribution in [-0.4, -0.2) is 9.97 Å². The van der Waals surface area contributed by atoms with E-state index in [1.54, 1.807) is 19.1 Å². The first-order valence-electron chi connectivity index (χ1n) is 4.26. The Hall–Kier alpha value is -2.35. The van der Waals surface area contributed by atoms with Crippen molar-refractivity contribution in [3.05, 3.63) is 49.8 Å². The number of aryl methyl sites for hydroxylation is 1. The molecule has 0 radical (unpaired) electrons. The van der Waals surface area contributed by atoms with Crippen molar-refractivity contribution in [2.24, 2.45) is 0 Å². The van der Waals surface area contributed by atoms with E-state index in [1.807, 2.05) is 0 Å². The number of benzene rings is 1. The highest BCUT2D eigenvalue weighted by Gasteiger charge is 2.03. The van der Waals surface area contributed by atoms with Crippen molar-refractivity contribution >= 4 is 16.7 Å². The molecule has 2 rings (SSSR count). The average molecular weight is 201 g/mol. The fourth-order valence-electron chi connectivity index (χ4n) is 1.38. The quantitative estimate of drug-likeness (QED) is 0.494. The van der Waals surface area contributed by atoms with Crippen molar-refractivity contribution in [3.63, 3.8) is 0 Å². The van der Waals surface area contributed by atoms with Crippen LogP contribution in [0.15, 0.2) is 21.7 Å². The lowest BCUT2D eigenvalue weighted by molar-refractivity contribution is 1.14. The summed E-state index contributed by atoms with van der Waals surface area (Å²) in [4.78, 5) is 30.3. The maximum atomic E-state index is 11.0. The van der Waals surface area contributed by atoms with Crippen molar-refractivity contribution < 1.29 is 0 Å². The van der Waals surface area contributed by atoms with Gasteiger partial charge in [0.25, 0.3) is 0 Å². The summed E-state index contributed by atoms with van der Waals surface area (Å²) in [7, 11) is 0. The summed E-state index contributed by atoms with van der Waals surface area (Å²) in [5, 5.41) is 0. The predicted octanol–water partition coefficient (Wildman–Crippen LogP) is 1.08. The van der Waals surface area contributed by atoms with Crippen LogP contribution in [-0.2, 0) is 0 Å². The Kier molecular flexibility index (Phi) is 1.90. The molecule has 0 aliphatic rings. The van der Waals surface area contributed by atoms with Gasteiger partial charge >= 0.3 is 11.1 Å². The second kappa shape index (κ2) is 3.10. The number of fused-ring (bicyclic) bond motifs is 1. The number of rotatable bonds is 0. The van der Waals surface area contributed by atoms with Crippen LogP contribution < -0.4 is 11.1 Å². The molecule has 0 amide bonds. The molecule has 0 spiro atoms. The summed E-state index contributed by atoms with van der Waals surface area (Å²) in [6, 6.07) is 3.22. The summed E-state index contributed by atoms with van der Waals surface area (Å²) in [6.45, 7) is 8.69. The second-order valence-electron chi connectivity index (χ2n) is 3.20. The zero-order valence-corrected chi connectivity index (χ0v) is 7.92. The Balaban J connectivity index is 2.96. The predicted molar refractivity (Wildman–Crippen MR) is 56.2 cm³/mol. The Labute approximate surface area is 84.2 Å².